The third kappa shape index (κ3) is 1.88. The van der Waals surface area contributed by atoms with E-state index in [2.05, 4.69) is 10.2 Å². The number of aromatic nitrogens is 2. The first kappa shape index (κ1) is 7.94. The first-order chi connectivity index (χ1) is 5.24. The van der Waals surface area contributed by atoms with Crippen LogP contribution >= 0.6 is 0 Å². The maximum atomic E-state index is 5.58. The molecule has 0 radical (unpaired) electrons. The second kappa shape index (κ2) is 3.30. The third-order valence-corrected chi connectivity index (χ3v) is 1.35. The minimum Gasteiger partial charge on any atom is -0.495 e. The summed E-state index contributed by atoms with van der Waals surface area (Å²) in [6.07, 6.45) is 1.55. The van der Waals surface area contributed by atoms with E-state index in [9.17, 15) is 0 Å². The van der Waals surface area contributed by atoms with E-state index in [1.165, 1.54) is 0 Å². The van der Waals surface area contributed by atoms with Crippen LogP contribution in [0.1, 0.15) is 18.7 Å². The predicted molar refractivity (Wildman–Crippen MR) is 41.2 cm³/mol. The molecular weight excluding hydrogens is 142 g/mol. The topological polar surface area (TPSA) is 61.0 Å². The first-order valence-electron chi connectivity index (χ1n) is 3.36. The second-order valence-electron chi connectivity index (χ2n) is 2.31. The minimum atomic E-state index is -0.0994. The molecule has 0 fully saturated rings. The van der Waals surface area contributed by atoms with Gasteiger partial charge in [-0.15, -0.1) is 0 Å². The zero-order chi connectivity index (χ0) is 8.27. The van der Waals surface area contributed by atoms with E-state index in [-0.39, 0.29) is 6.04 Å². The molecule has 0 spiro atoms. The van der Waals surface area contributed by atoms with Crippen molar-refractivity contribution in [3.8, 4) is 5.75 Å². The van der Waals surface area contributed by atoms with E-state index in [0.717, 1.165) is 5.69 Å². The van der Waals surface area contributed by atoms with E-state index in [1.54, 1.807) is 19.4 Å². The van der Waals surface area contributed by atoms with E-state index in [1.807, 2.05) is 6.92 Å². The Balaban J connectivity index is 2.91. The van der Waals surface area contributed by atoms with Crippen LogP contribution in [0.25, 0.3) is 0 Å². The van der Waals surface area contributed by atoms with Crippen molar-refractivity contribution in [1.29, 1.82) is 0 Å². The van der Waals surface area contributed by atoms with Gasteiger partial charge in [-0.1, -0.05) is 0 Å². The highest BCUT2D eigenvalue weighted by Gasteiger charge is 2.02. The fraction of sp³-hybridized carbons (Fsp3) is 0.429. The quantitative estimate of drug-likeness (QED) is 0.672. The van der Waals surface area contributed by atoms with Gasteiger partial charge in [-0.2, -0.15) is 10.2 Å². The highest BCUT2D eigenvalue weighted by molar-refractivity contribution is 5.20. The normalized spacial score (nSPS) is 12.6. The molecular formula is C7H11N3O. The molecule has 11 heavy (non-hydrogen) atoms. The van der Waals surface area contributed by atoms with Gasteiger partial charge in [-0.3, -0.25) is 0 Å². The van der Waals surface area contributed by atoms with Crippen LogP contribution in [0.15, 0.2) is 12.3 Å². The summed E-state index contributed by atoms with van der Waals surface area (Å²) in [5, 5.41) is 7.55. The Morgan fingerprint density at radius 1 is 1.64 bits per heavy atom. The van der Waals surface area contributed by atoms with Crippen molar-refractivity contribution in [2.75, 3.05) is 7.11 Å². The summed E-state index contributed by atoms with van der Waals surface area (Å²) < 4.78 is 4.95. The van der Waals surface area contributed by atoms with Gasteiger partial charge in [0.05, 0.1) is 19.0 Å². The summed E-state index contributed by atoms with van der Waals surface area (Å²) in [5.41, 5.74) is 6.32. The van der Waals surface area contributed by atoms with Crippen LogP contribution in [0.5, 0.6) is 5.75 Å². The van der Waals surface area contributed by atoms with Crippen LogP contribution in [-0.4, -0.2) is 17.3 Å². The number of nitrogens with two attached hydrogens (primary N) is 1. The lowest BCUT2D eigenvalue weighted by molar-refractivity contribution is 0.410. The van der Waals surface area contributed by atoms with E-state index in [4.69, 9.17) is 10.5 Å². The molecule has 1 rings (SSSR count). The van der Waals surface area contributed by atoms with Crippen molar-refractivity contribution < 1.29 is 4.74 Å². The predicted octanol–water partition coefficient (Wildman–Crippen LogP) is 0.505. The molecule has 0 aliphatic heterocycles. The maximum Gasteiger partial charge on any atom is 0.140 e. The molecule has 4 heteroatoms. The molecule has 2 N–H and O–H groups in total. The molecule has 1 heterocycles. The van der Waals surface area contributed by atoms with Gasteiger partial charge >= 0.3 is 0 Å². The number of hydrogen-bond acceptors (Lipinski definition) is 4. The summed E-state index contributed by atoms with van der Waals surface area (Å²) in [7, 11) is 1.59. The van der Waals surface area contributed by atoms with Gasteiger partial charge in [0.25, 0.3) is 0 Å². The van der Waals surface area contributed by atoms with Crippen molar-refractivity contribution >= 4 is 0 Å². The fourth-order valence-electron chi connectivity index (χ4n) is 0.698. The smallest absolute Gasteiger partial charge is 0.140 e. The zero-order valence-electron chi connectivity index (χ0n) is 6.61. The van der Waals surface area contributed by atoms with Gasteiger partial charge in [0, 0.05) is 12.1 Å². The van der Waals surface area contributed by atoms with Crippen LogP contribution in [0.3, 0.4) is 0 Å². The van der Waals surface area contributed by atoms with E-state index >= 15 is 0 Å². The molecule has 1 aromatic heterocycles. The average Bonchev–Trinajstić information content (AvgIpc) is 2.05. The second-order valence-corrected chi connectivity index (χ2v) is 2.31. The van der Waals surface area contributed by atoms with Crippen molar-refractivity contribution in [2.24, 2.45) is 5.73 Å². The van der Waals surface area contributed by atoms with Gasteiger partial charge in [0.15, 0.2) is 0 Å². The Bertz CT molecular complexity index is 237. The van der Waals surface area contributed by atoms with Crippen LogP contribution in [0.4, 0.5) is 0 Å². The number of nitrogens with zero attached hydrogens (tertiary/aromatic N) is 2. The lowest BCUT2D eigenvalue weighted by Crippen LogP contribution is -2.08. The molecule has 0 saturated heterocycles. The van der Waals surface area contributed by atoms with Gasteiger partial charge < -0.3 is 10.5 Å². The zero-order valence-corrected chi connectivity index (χ0v) is 6.61. The molecule has 0 aliphatic carbocycles. The van der Waals surface area contributed by atoms with Crippen molar-refractivity contribution in [2.45, 2.75) is 13.0 Å². The van der Waals surface area contributed by atoms with E-state index in [0.29, 0.717) is 5.75 Å². The third-order valence-electron chi connectivity index (χ3n) is 1.35. The van der Waals surface area contributed by atoms with E-state index < -0.39 is 0 Å². The van der Waals surface area contributed by atoms with Gasteiger partial charge in [0.2, 0.25) is 0 Å². The number of rotatable bonds is 2. The molecule has 1 aromatic rings. The summed E-state index contributed by atoms with van der Waals surface area (Å²) in [5.74, 6) is 0.687. The molecule has 60 valence electrons. The molecule has 1 unspecified atom stereocenters. The summed E-state index contributed by atoms with van der Waals surface area (Å²) in [4.78, 5) is 0. The molecule has 0 aromatic carbocycles. The summed E-state index contributed by atoms with van der Waals surface area (Å²) >= 11 is 0. The molecule has 0 aliphatic rings. The maximum absolute atomic E-state index is 5.58. The first-order valence-corrected chi connectivity index (χ1v) is 3.36. The lowest BCUT2D eigenvalue weighted by Gasteiger charge is -2.04. The van der Waals surface area contributed by atoms with Gasteiger partial charge in [-0.25, -0.2) is 0 Å². The van der Waals surface area contributed by atoms with Crippen molar-refractivity contribution in [3.63, 3.8) is 0 Å². The molecule has 0 bridgehead atoms. The Morgan fingerprint density at radius 3 is 2.91 bits per heavy atom. The highest BCUT2D eigenvalue weighted by atomic mass is 16.5. The fourth-order valence-corrected chi connectivity index (χ4v) is 0.698. The molecule has 1 atom stereocenters. The summed E-state index contributed by atoms with van der Waals surface area (Å²) in [6.45, 7) is 1.85. The Kier molecular flexibility index (Phi) is 2.38. The van der Waals surface area contributed by atoms with Gasteiger partial charge in [-0.05, 0) is 6.92 Å². The minimum absolute atomic E-state index is 0.0994. The Hall–Kier alpha value is -1.16. The Morgan fingerprint density at radius 2 is 2.36 bits per heavy atom. The summed E-state index contributed by atoms with van der Waals surface area (Å²) in [6, 6.07) is 1.68. The van der Waals surface area contributed by atoms with Crippen LogP contribution in [-0.2, 0) is 0 Å². The number of ether oxygens (including phenoxy) is 1. The van der Waals surface area contributed by atoms with Crippen LogP contribution in [0.2, 0.25) is 0 Å². The van der Waals surface area contributed by atoms with Crippen molar-refractivity contribution in [1.82, 2.24) is 10.2 Å². The van der Waals surface area contributed by atoms with Crippen LogP contribution in [0, 0.1) is 0 Å². The molecule has 0 amide bonds. The van der Waals surface area contributed by atoms with Crippen molar-refractivity contribution in [3.05, 3.63) is 18.0 Å². The SMILES string of the molecule is COc1cnnc(C(C)N)c1. The Labute approximate surface area is 65.4 Å². The van der Waals surface area contributed by atoms with Crippen LogP contribution < -0.4 is 10.5 Å². The molecule has 4 nitrogen and oxygen atoms in total. The van der Waals surface area contributed by atoms with Gasteiger partial charge in [0.1, 0.15) is 5.75 Å². The lowest BCUT2D eigenvalue weighted by atomic mass is 10.2. The number of methoxy groups -OCH3 is 1. The monoisotopic (exact) mass is 153 g/mol. The average molecular weight is 153 g/mol. The largest absolute Gasteiger partial charge is 0.495 e. The number of hydrogen-bond donors (Lipinski definition) is 1. The molecule has 0 saturated carbocycles. The standard InChI is InChI=1S/C7H11N3O/c1-5(8)7-3-6(11-2)4-9-10-7/h3-5H,8H2,1-2H3. The highest BCUT2D eigenvalue weighted by Crippen LogP contribution is 2.11.